The number of carbonyl (C=O) groups excluding carboxylic acids is 1. The quantitative estimate of drug-likeness (QED) is 0.841. The van der Waals surface area contributed by atoms with E-state index < -0.39 is 30.5 Å². The first-order valence-corrected chi connectivity index (χ1v) is 6.15. The average Bonchev–Trinajstić information content (AvgIpc) is 2.35. The summed E-state index contributed by atoms with van der Waals surface area (Å²) in [5.74, 6) is -2.34. The number of amides is 1. The first kappa shape index (κ1) is 15.4. The molecule has 104 valence electrons. The number of hydrogen-bond donors (Lipinski definition) is 2. The van der Waals surface area contributed by atoms with Crippen molar-refractivity contribution in [2.24, 2.45) is 5.92 Å². The molecule has 19 heavy (non-hydrogen) atoms. The molecule has 0 fully saturated rings. The molecule has 4 nitrogen and oxygen atoms in total. The first-order chi connectivity index (χ1) is 8.93. The van der Waals surface area contributed by atoms with Gasteiger partial charge < -0.3 is 10.4 Å². The van der Waals surface area contributed by atoms with Gasteiger partial charge in [0.15, 0.2) is 6.04 Å². The number of alkyl halides is 1. The SMILES string of the molecule is CC(Cc1cccc(Cl)c1)C(=O)NC(CF)C(=O)O. The van der Waals surface area contributed by atoms with Crippen LogP contribution in [0.4, 0.5) is 4.39 Å². The second-order valence-electron chi connectivity index (χ2n) is 4.29. The number of carboxylic acids is 1. The van der Waals surface area contributed by atoms with Gasteiger partial charge in [-0.1, -0.05) is 30.7 Å². The molecule has 0 spiro atoms. The van der Waals surface area contributed by atoms with Crippen LogP contribution in [0.1, 0.15) is 12.5 Å². The lowest BCUT2D eigenvalue weighted by molar-refractivity contribution is -0.142. The normalized spacial score (nSPS) is 13.6. The Morgan fingerprint density at radius 2 is 2.16 bits per heavy atom. The smallest absolute Gasteiger partial charge is 0.328 e. The van der Waals surface area contributed by atoms with E-state index in [2.05, 4.69) is 5.32 Å². The number of halogens is 2. The summed E-state index contributed by atoms with van der Waals surface area (Å²) < 4.78 is 12.4. The van der Waals surface area contributed by atoms with Gasteiger partial charge in [0.1, 0.15) is 6.67 Å². The Kier molecular flexibility index (Phi) is 5.76. The minimum Gasteiger partial charge on any atom is -0.480 e. The van der Waals surface area contributed by atoms with Gasteiger partial charge in [0.05, 0.1) is 0 Å². The van der Waals surface area contributed by atoms with Crippen molar-refractivity contribution < 1.29 is 19.1 Å². The average molecular weight is 288 g/mol. The molecule has 0 saturated heterocycles. The Morgan fingerprint density at radius 3 is 2.68 bits per heavy atom. The Bertz CT molecular complexity index is 467. The van der Waals surface area contributed by atoms with Gasteiger partial charge in [-0.15, -0.1) is 0 Å². The van der Waals surface area contributed by atoms with Crippen LogP contribution in [0.5, 0.6) is 0 Å². The van der Waals surface area contributed by atoms with Crippen LogP contribution >= 0.6 is 11.6 Å². The van der Waals surface area contributed by atoms with Gasteiger partial charge in [-0.3, -0.25) is 4.79 Å². The van der Waals surface area contributed by atoms with Crippen molar-refractivity contribution in [3.8, 4) is 0 Å². The van der Waals surface area contributed by atoms with Gasteiger partial charge in [-0.2, -0.15) is 0 Å². The fourth-order valence-corrected chi connectivity index (χ4v) is 1.80. The lowest BCUT2D eigenvalue weighted by Crippen LogP contribution is -2.44. The number of nitrogens with one attached hydrogen (secondary N) is 1. The zero-order valence-corrected chi connectivity index (χ0v) is 11.2. The number of carbonyl (C=O) groups is 2. The van der Waals surface area contributed by atoms with Crippen LogP contribution in [-0.2, 0) is 16.0 Å². The Hall–Kier alpha value is -1.62. The summed E-state index contributed by atoms with van der Waals surface area (Å²) in [7, 11) is 0. The highest BCUT2D eigenvalue weighted by molar-refractivity contribution is 6.30. The maximum Gasteiger partial charge on any atom is 0.328 e. The number of aliphatic carboxylic acids is 1. The number of hydrogen-bond acceptors (Lipinski definition) is 2. The van der Waals surface area contributed by atoms with Crippen LogP contribution in [0.25, 0.3) is 0 Å². The summed E-state index contributed by atoms with van der Waals surface area (Å²) in [5.41, 5.74) is 0.863. The van der Waals surface area contributed by atoms with E-state index in [9.17, 15) is 14.0 Å². The summed E-state index contributed by atoms with van der Waals surface area (Å²) in [6, 6.07) is 5.55. The third-order valence-electron chi connectivity index (χ3n) is 2.65. The minimum atomic E-state index is -1.49. The molecule has 2 atom stereocenters. The summed E-state index contributed by atoms with van der Waals surface area (Å²) in [6.07, 6.45) is 0.408. The zero-order valence-electron chi connectivity index (χ0n) is 10.4. The molecule has 2 unspecified atom stereocenters. The standard InChI is InChI=1S/C13H15ClFNO3/c1-8(5-9-3-2-4-10(14)6-9)12(17)16-11(7-15)13(18)19/h2-4,6,8,11H,5,7H2,1H3,(H,16,17)(H,18,19). The summed E-state index contributed by atoms with van der Waals surface area (Å²) >= 11 is 5.83. The monoisotopic (exact) mass is 287 g/mol. The Labute approximate surface area is 115 Å². The lowest BCUT2D eigenvalue weighted by atomic mass is 10.00. The van der Waals surface area contributed by atoms with E-state index in [0.717, 1.165) is 5.56 Å². The van der Waals surface area contributed by atoms with Crippen molar-refractivity contribution in [1.82, 2.24) is 5.32 Å². The van der Waals surface area contributed by atoms with Gasteiger partial charge in [-0.05, 0) is 24.1 Å². The maximum atomic E-state index is 12.4. The van der Waals surface area contributed by atoms with Gasteiger partial charge in [0.25, 0.3) is 0 Å². The largest absolute Gasteiger partial charge is 0.480 e. The van der Waals surface area contributed by atoms with Crippen molar-refractivity contribution in [2.45, 2.75) is 19.4 Å². The molecule has 6 heteroatoms. The predicted octanol–water partition coefficient (Wildman–Crippen LogP) is 2.06. The fourth-order valence-electron chi connectivity index (χ4n) is 1.59. The lowest BCUT2D eigenvalue weighted by Gasteiger charge is -2.15. The van der Waals surface area contributed by atoms with Crippen molar-refractivity contribution in [3.05, 3.63) is 34.9 Å². The molecular formula is C13H15ClFNO3. The van der Waals surface area contributed by atoms with E-state index >= 15 is 0 Å². The molecule has 1 aromatic rings. The highest BCUT2D eigenvalue weighted by Crippen LogP contribution is 2.14. The van der Waals surface area contributed by atoms with Gasteiger partial charge in [-0.25, -0.2) is 9.18 Å². The molecule has 0 bridgehead atoms. The summed E-state index contributed by atoms with van der Waals surface area (Å²) in [6.45, 7) is 0.512. The van der Waals surface area contributed by atoms with Crippen LogP contribution in [0.2, 0.25) is 5.02 Å². The molecule has 0 saturated carbocycles. The fraction of sp³-hybridized carbons (Fsp3) is 0.385. The number of carboxylic acid groups (broad SMARTS) is 1. The molecule has 0 heterocycles. The summed E-state index contributed by atoms with van der Waals surface area (Å²) in [5, 5.41) is 11.4. The van der Waals surface area contributed by atoms with Crippen LogP contribution in [0.15, 0.2) is 24.3 Å². The molecule has 0 aliphatic heterocycles. The van der Waals surface area contributed by atoms with Crippen molar-refractivity contribution in [2.75, 3.05) is 6.67 Å². The molecule has 0 aromatic heterocycles. The molecule has 1 amide bonds. The number of benzene rings is 1. The minimum absolute atomic E-state index is 0.408. The summed E-state index contributed by atoms with van der Waals surface area (Å²) in [4.78, 5) is 22.4. The van der Waals surface area contributed by atoms with E-state index in [-0.39, 0.29) is 0 Å². The van der Waals surface area contributed by atoms with E-state index in [4.69, 9.17) is 16.7 Å². The molecular weight excluding hydrogens is 273 g/mol. The first-order valence-electron chi connectivity index (χ1n) is 5.77. The second-order valence-corrected chi connectivity index (χ2v) is 4.73. The van der Waals surface area contributed by atoms with Crippen LogP contribution < -0.4 is 5.32 Å². The highest BCUT2D eigenvalue weighted by atomic mass is 35.5. The Balaban J connectivity index is 2.60. The van der Waals surface area contributed by atoms with E-state index in [1.165, 1.54) is 0 Å². The maximum absolute atomic E-state index is 12.4. The third kappa shape index (κ3) is 4.87. The molecule has 0 radical (unpaired) electrons. The molecule has 1 aromatic carbocycles. The molecule has 2 N–H and O–H groups in total. The predicted molar refractivity (Wildman–Crippen MR) is 69.9 cm³/mol. The molecule has 0 aliphatic rings. The topological polar surface area (TPSA) is 66.4 Å². The molecule has 1 rings (SSSR count). The molecule has 0 aliphatic carbocycles. The third-order valence-corrected chi connectivity index (χ3v) is 2.88. The number of rotatable bonds is 6. The van der Waals surface area contributed by atoms with Gasteiger partial charge in [0.2, 0.25) is 5.91 Å². The van der Waals surface area contributed by atoms with Crippen LogP contribution in [-0.4, -0.2) is 29.7 Å². The van der Waals surface area contributed by atoms with E-state index in [0.29, 0.717) is 11.4 Å². The van der Waals surface area contributed by atoms with Crippen molar-refractivity contribution in [3.63, 3.8) is 0 Å². The highest BCUT2D eigenvalue weighted by Gasteiger charge is 2.22. The second kappa shape index (κ2) is 7.09. The zero-order chi connectivity index (χ0) is 14.4. The van der Waals surface area contributed by atoms with Crippen LogP contribution in [0.3, 0.4) is 0 Å². The van der Waals surface area contributed by atoms with Crippen molar-refractivity contribution >= 4 is 23.5 Å². The van der Waals surface area contributed by atoms with Gasteiger partial charge in [0, 0.05) is 10.9 Å². The van der Waals surface area contributed by atoms with Crippen LogP contribution in [0, 0.1) is 5.92 Å². The van der Waals surface area contributed by atoms with E-state index in [1.54, 1.807) is 25.1 Å². The van der Waals surface area contributed by atoms with Crippen molar-refractivity contribution in [1.29, 1.82) is 0 Å². The van der Waals surface area contributed by atoms with Gasteiger partial charge >= 0.3 is 5.97 Å². The van der Waals surface area contributed by atoms with E-state index in [1.807, 2.05) is 6.07 Å². The Morgan fingerprint density at radius 1 is 1.47 bits per heavy atom.